The van der Waals surface area contributed by atoms with Gasteiger partial charge in [0.2, 0.25) is 0 Å². The molecule has 0 aliphatic rings. The Balaban J connectivity index is 1.59. The minimum atomic E-state index is -4.41. The molecule has 2 heterocycles. The number of benzene rings is 3. The molecule has 0 aliphatic carbocycles. The maximum atomic E-state index is 13.8. The first-order valence-electron chi connectivity index (χ1n) is 12.2. The van der Waals surface area contributed by atoms with Crippen molar-refractivity contribution in [2.75, 3.05) is 10.8 Å². The highest BCUT2D eigenvalue weighted by Crippen LogP contribution is 2.29. The lowest BCUT2D eigenvalue weighted by atomic mass is 10.1. The van der Waals surface area contributed by atoms with E-state index in [0.29, 0.717) is 22.2 Å². The lowest BCUT2D eigenvalue weighted by Crippen LogP contribution is -2.36. The number of hydrogen-bond donors (Lipinski definition) is 3. The number of hydrogen-bond acceptors (Lipinski definition) is 8. The predicted octanol–water partition coefficient (Wildman–Crippen LogP) is 1.65. The zero-order valence-electron chi connectivity index (χ0n) is 21.7. The molecular weight excluding hydrogens is 548 g/mol. The number of para-hydroxylation sites is 1. The molecule has 0 amide bonds. The number of nitrogens with zero attached hydrogens (tertiary/aromatic N) is 6. The predicted molar refractivity (Wildman–Crippen MR) is 153 cm³/mol. The highest BCUT2D eigenvalue weighted by atomic mass is 32.2. The average Bonchev–Trinajstić information content (AvgIpc) is 2.94. The van der Waals surface area contributed by atoms with E-state index < -0.39 is 22.5 Å². The van der Waals surface area contributed by atoms with E-state index in [1.54, 1.807) is 37.4 Å². The summed E-state index contributed by atoms with van der Waals surface area (Å²) in [6.07, 6.45) is 2.98. The number of aliphatic imine (C=N–C) groups is 1. The van der Waals surface area contributed by atoms with E-state index >= 15 is 0 Å². The Labute approximate surface area is 233 Å². The number of rotatable bonds is 8. The van der Waals surface area contributed by atoms with Crippen molar-refractivity contribution in [3.8, 4) is 0 Å². The van der Waals surface area contributed by atoms with E-state index in [0.717, 1.165) is 9.87 Å². The van der Waals surface area contributed by atoms with Gasteiger partial charge in [0, 0.05) is 25.9 Å². The summed E-state index contributed by atoms with van der Waals surface area (Å²) >= 11 is 0. The highest BCUT2D eigenvalue weighted by Gasteiger charge is 2.30. The van der Waals surface area contributed by atoms with Gasteiger partial charge in [-0.15, -0.1) is 0 Å². The van der Waals surface area contributed by atoms with Crippen LogP contribution < -0.4 is 21.3 Å². The summed E-state index contributed by atoms with van der Waals surface area (Å²) in [5.41, 5.74) is 13.3. The molecule has 0 radical (unpaired) electrons. The van der Waals surface area contributed by atoms with Crippen molar-refractivity contribution in [3.63, 3.8) is 0 Å². The molecule has 14 heteroatoms. The van der Waals surface area contributed by atoms with Gasteiger partial charge in [-0.3, -0.25) is 23.9 Å². The molecule has 41 heavy (non-hydrogen) atoms. The molecule has 5 aromatic rings. The second-order valence-electron chi connectivity index (χ2n) is 9.06. The van der Waals surface area contributed by atoms with E-state index in [1.807, 2.05) is 0 Å². The van der Waals surface area contributed by atoms with Crippen LogP contribution in [0.25, 0.3) is 22.1 Å². The van der Waals surface area contributed by atoms with Gasteiger partial charge in [-0.2, -0.15) is 0 Å². The number of carboxylic acids is 1. The van der Waals surface area contributed by atoms with E-state index in [-0.39, 0.29) is 39.7 Å². The van der Waals surface area contributed by atoms with Gasteiger partial charge in [-0.05, 0) is 48.0 Å². The Bertz CT molecular complexity index is 2000. The minimum absolute atomic E-state index is 0.0551. The van der Waals surface area contributed by atoms with Crippen LogP contribution in [0.4, 0.5) is 11.4 Å². The third-order valence-corrected chi connectivity index (χ3v) is 8.10. The second-order valence-corrected chi connectivity index (χ2v) is 10.9. The highest BCUT2D eigenvalue weighted by molar-refractivity contribution is 7.93. The van der Waals surface area contributed by atoms with Gasteiger partial charge in [0.05, 0.1) is 27.9 Å². The normalized spacial score (nSPS) is 11.4. The molecule has 0 saturated heterocycles. The van der Waals surface area contributed by atoms with E-state index in [4.69, 9.17) is 11.5 Å². The number of carboxylic acid groups (broad SMARTS) is 1. The van der Waals surface area contributed by atoms with Gasteiger partial charge in [-0.25, -0.2) is 18.4 Å². The number of anilines is 1. The Morgan fingerprint density at radius 2 is 1.76 bits per heavy atom. The Morgan fingerprint density at radius 1 is 1.02 bits per heavy atom. The molecule has 0 spiro atoms. The first-order chi connectivity index (χ1) is 19.5. The van der Waals surface area contributed by atoms with Crippen LogP contribution in [0, 0.1) is 0 Å². The molecule has 3 aromatic carbocycles. The second kappa shape index (κ2) is 10.7. The fourth-order valence-electron chi connectivity index (χ4n) is 4.41. The third kappa shape index (κ3) is 5.40. The van der Waals surface area contributed by atoms with Crippen LogP contribution in [0.3, 0.4) is 0 Å². The van der Waals surface area contributed by atoms with Gasteiger partial charge in [0.15, 0.2) is 5.96 Å². The van der Waals surface area contributed by atoms with Crippen LogP contribution in [-0.4, -0.2) is 51.5 Å². The Kier molecular flexibility index (Phi) is 7.07. The number of aryl methyl sites for hydroxylation is 1. The smallest absolute Gasteiger partial charge is 0.324 e. The number of carbonyl (C=O) groups is 1. The van der Waals surface area contributed by atoms with Gasteiger partial charge < -0.3 is 21.1 Å². The number of guanidine groups is 1. The molecular formula is C27H24N8O5S. The Morgan fingerprint density at radius 3 is 2.46 bits per heavy atom. The first kappa shape index (κ1) is 27.2. The summed E-state index contributed by atoms with van der Waals surface area (Å²) in [5, 5.41) is 9.62. The van der Waals surface area contributed by atoms with Crippen LogP contribution in [0.1, 0.15) is 11.3 Å². The van der Waals surface area contributed by atoms with Crippen molar-refractivity contribution in [3.05, 3.63) is 94.7 Å². The average molecular weight is 573 g/mol. The number of sulfonamides is 1. The summed E-state index contributed by atoms with van der Waals surface area (Å²) in [6, 6.07) is 15.8. The van der Waals surface area contributed by atoms with Crippen molar-refractivity contribution < 1.29 is 18.3 Å². The number of aliphatic carboxylic acids is 1. The molecule has 0 atom stereocenters. The molecule has 2 aromatic heterocycles. The standard InChI is InChI=1S/C27H24N8O5S/c1-34-22-10-9-18(14-20(22)33-21(26(34)38)13-16-5-7-17(8-6-16)32-27(28)29)35(15-24(36)37)41(39,40)23-4-2-3-19-25(23)31-12-11-30-19/h2-12,14H,13,15H2,1H3,(H,36,37)(H4,28,29,32). The minimum Gasteiger partial charge on any atom is -0.480 e. The molecule has 0 fully saturated rings. The summed E-state index contributed by atoms with van der Waals surface area (Å²) in [7, 11) is -2.83. The van der Waals surface area contributed by atoms with Crippen molar-refractivity contribution in [2.45, 2.75) is 11.3 Å². The third-order valence-electron chi connectivity index (χ3n) is 6.29. The lowest BCUT2D eigenvalue weighted by Gasteiger charge is -2.23. The molecule has 5 rings (SSSR count). The van der Waals surface area contributed by atoms with E-state index in [9.17, 15) is 23.1 Å². The quantitative estimate of drug-likeness (QED) is 0.181. The molecule has 13 nitrogen and oxygen atoms in total. The molecule has 5 N–H and O–H groups in total. The topological polar surface area (TPSA) is 200 Å². The van der Waals surface area contributed by atoms with Gasteiger partial charge >= 0.3 is 5.97 Å². The van der Waals surface area contributed by atoms with Crippen LogP contribution in [0.5, 0.6) is 0 Å². The molecule has 0 saturated carbocycles. The van der Waals surface area contributed by atoms with Gasteiger partial charge in [0.25, 0.3) is 15.6 Å². The lowest BCUT2D eigenvalue weighted by molar-refractivity contribution is -0.135. The summed E-state index contributed by atoms with van der Waals surface area (Å²) in [5.74, 6) is -1.44. The summed E-state index contributed by atoms with van der Waals surface area (Å²) < 4.78 is 29.9. The van der Waals surface area contributed by atoms with Crippen molar-refractivity contribution in [2.24, 2.45) is 23.5 Å². The van der Waals surface area contributed by atoms with Crippen LogP contribution in [0.15, 0.2) is 87.7 Å². The van der Waals surface area contributed by atoms with Crippen molar-refractivity contribution >= 4 is 55.4 Å². The van der Waals surface area contributed by atoms with Crippen LogP contribution in [0.2, 0.25) is 0 Å². The zero-order chi connectivity index (χ0) is 29.3. The number of fused-ring (bicyclic) bond motifs is 2. The number of aromatic nitrogens is 4. The van der Waals surface area contributed by atoms with Crippen molar-refractivity contribution in [1.82, 2.24) is 19.5 Å². The van der Waals surface area contributed by atoms with Gasteiger partial charge in [0.1, 0.15) is 22.7 Å². The molecule has 0 bridgehead atoms. The summed E-state index contributed by atoms with van der Waals surface area (Å²) in [4.78, 5) is 41.5. The van der Waals surface area contributed by atoms with E-state index in [1.165, 1.54) is 47.3 Å². The maximum Gasteiger partial charge on any atom is 0.324 e. The largest absolute Gasteiger partial charge is 0.480 e. The van der Waals surface area contributed by atoms with Gasteiger partial charge in [-0.1, -0.05) is 18.2 Å². The number of nitrogens with two attached hydrogens (primary N) is 2. The molecule has 208 valence electrons. The Hall–Kier alpha value is -5.37. The zero-order valence-corrected chi connectivity index (χ0v) is 22.5. The fourth-order valence-corrected chi connectivity index (χ4v) is 5.97. The monoisotopic (exact) mass is 572 g/mol. The molecule has 0 unspecified atom stereocenters. The summed E-state index contributed by atoms with van der Waals surface area (Å²) in [6.45, 7) is -0.856. The van der Waals surface area contributed by atoms with E-state index in [2.05, 4.69) is 19.9 Å². The SMILES string of the molecule is Cn1c(=O)c(Cc2ccc(N=C(N)N)cc2)nc2cc(N(CC(=O)O)S(=O)(=O)c3cccc4nccnc34)ccc21. The molecule has 0 aliphatic heterocycles. The van der Waals surface area contributed by atoms with Crippen LogP contribution in [-0.2, 0) is 28.3 Å². The maximum absolute atomic E-state index is 13.8. The van der Waals surface area contributed by atoms with Crippen LogP contribution >= 0.6 is 0 Å². The van der Waals surface area contributed by atoms with Crippen molar-refractivity contribution in [1.29, 1.82) is 0 Å². The first-order valence-corrected chi connectivity index (χ1v) is 13.6. The fraction of sp³-hybridized carbons (Fsp3) is 0.111.